The van der Waals surface area contributed by atoms with Crippen molar-refractivity contribution >= 4 is 17.6 Å². The number of pyridine rings is 1. The molecule has 0 N–H and O–H groups in total. The van der Waals surface area contributed by atoms with E-state index in [2.05, 4.69) is 11.0 Å². The highest BCUT2D eigenvalue weighted by atomic mass is 16.5. The van der Waals surface area contributed by atoms with Crippen LogP contribution in [0, 0.1) is 17.2 Å². The number of anilines is 1. The van der Waals surface area contributed by atoms with Crippen LogP contribution >= 0.6 is 0 Å². The van der Waals surface area contributed by atoms with Gasteiger partial charge in [0.2, 0.25) is 11.8 Å². The Hall–Kier alpha value is -2.66. The summed E-state index contributed by atoms with van der Waals surface area (Å²) in [5.74, 6) is 2.01. The third kappa shape index (κ3) is 4.31. The molecule has 0 radical (unpaired) electrons. The van der Waals surface area contributed by atoms with Crippen molar-refractivity contribution in [3.63, 3.8) is 0 Å². The molecule has 0 bridgehead atoms. The predicted octanol–water partition coefficient (Wildman–Crippen LogP) is 2.20. The molecular weight excluding hydrogens is 418 g/mol. The first-order valence-corrected chi connectivity index (χ1v) is 12.3. The number of aromatic nitrogens is 1. The van der Waals surface area contributed by atoms with Crippen LogP contribution in [0.2, 0.25) is 0 Å². The van der Waals surface area contributed by atoms with Crippen molar-refractivity contribution in [1.82, 2.24) is 14.8 Å². The summed E-state index contributed by atoms with van der Waals surface area (Å²) < 4.78 is 5.12. The molecule has 2 aliphatic carbocycles. The lowest BCUT2D eigenvalue weighted by Crippen LogP contribution is -2.56. The van der Waals surface area contributed by atoms with Crippen molar-refractivity contribution in [2.24, 2.45) is 5.92 Å². The van der Waals surface area contributed by atoms with Gasteiger partial charge in [0, 0.05) is 52.7 Å². The fourth-order valence-electron chi connectivity index (χ4n) is 5.49. The summed E-state index contributed by atoms with van der Waals surface area (Å²) in [5.41, 5.74) is 3.95. The maximum Gasteiger partial charge on any atom is 0.225 e. The fourth-order valence-corrected chi connectivity index (χ4v) is 5.49. The molecule has 4 aliphatic rings. The monoisotopic (exact) mass is 451 g/mol. The molecule has 8 nitrogen and oxygen atoms in total. The number of ether oxygens (including phenoxy) is 1. The summed E-state index contributed by atoms with van der Waals surface area (Å²) in [7, 11) is 1.63. The number of fused-ring (bicyclic) bond motifs is 1. The van der Waals surface area contributed by atoms with Gasteiger partial charge in [-0.3, -0.25) is 9.59 Å². The first kappa shape index (κ1) is 22.1. The van der Waals surface area contributed by atoms with Crippen LogP contribution in [0.3, 0.4) is 0 Å². The minimum atomic E-state index is 0.0755. The Morgan fingerprint density at radius 3 is 2.58 bits per heavy atom. The number of carbonyl (C=O) groups excluding carboxylic acids is 2. The molecule has 0 aromatic carbocycles. The number of hydrogen-bond donors (Lipinski definition) is 0. The van der Waals surface area contributed by atoms with E-state index in [0.29, 0.717) is 63.0 Å². The second-order valence-electron chi connectivity index (χ2n) is 9.91. The van der Waals surface area contributed by atoms with E-state index in [1.54, 1.807) is 14.0 Å². The van der Waals surface area contributed by atoms with Gasteiger partial charge in [-0.1, -0.05) is 0 Å². The molecule has 2 amide bonds. The highest BCUT2D eigenvalue weighted by molar-refractivity contribution is 5.77. The van der Waals surface area contributed by atoms with Gasteiger partial charge in [-0.15, -0.1) is 0 Å². The largest absolute Gasteiger partial charge is 0.384 e. The Morgan fingerprint density at radius 1 is 1.15 bits per heavy atom. The molecule has 1 saturated heterocycles. The Kier molecular flexibility index (Phi) is 6.00. The number of carbonyl (C=O) groups is 2. The van der Waals surface area contributed by atoms with Crippen molar-refractivity contribution in [2.45, 2.75) is 64.0 Å². The molecule has 5 rings (SSSR count). The summed E-state index contributed by atoms with van der Waals surface area (Å²) in [5, 5.41) is 10.2. The summed E-state index contributed by atoms with van der Waals surface area (Å²) >= 11 is 0. The van der Waals surface area contributed by atoms with E-state index in [1.165, 1.54) is 0 Å². The van der Waals surface area contributed by atoms with Gasteiger partial charge in [0.1, 0.15) is 11.9 Å². The normalized spacial score (nSPS) is 22.7. The molecule has 0 spiro atoms. The molecule has 1 aromatic rings. The molecule has 3 fully saturated rings. The lowest BCUT2D eigenvalue weighted by atomic mass is 9.92. The standard InChI is InChI=1S/C25H33N5O3/c1-16(31)28-9-7-19-20(13-26)25(27-24(18-5-6-18)21(19)14-28)29-10-11-30(23(32)8-12-33-2)22(15-29)17-3-4-17/h17-18,22H,3-12,14-15H2,1-2H3. The van der Waals surface area contributed by atoms with Gasteiger partial charge >= 0.3 is 0 Å². The molecule has 1 atom stereocenters. The van der Waals surface area contributed by atoms with Crippen LogP contribution in [-0.4, -0.2) is 72.5 Å². The lowest BCUT2D eigenvalue weighted by Gasteiger charge is -2.43. The van der Waals surface area contributed by atoms with Gasteiger partial charge in [0.05, 0.1) is 30.3 Å². The second kappa shape index (κ2) is 8.94. The number of methoxy groups -OCH3 is 1. The number of amides is 2. The van der Waals surface area contributed by atoms with Crippen LogP contribution in [0.15, 0.2) is 0 Å². The molecule has 2 saturated carbocycles. The Morgan fingerprint density at radius 2 is 1.94 bits per heavy atom. The predicted molar refractivity (Wildman–Crippen MR) is 123 cm³/mol. The van der Waals surface area contributed by atoms with E-state index in [0.717, 1.165) is 54.9 Å². The summed E-state index contributed by atoms with van der Waals surface area (Å²) in [6.07, 6.45) is 5.68. The average Bonchev–Trinajstić information content (AvgIpc) is 3.73. The molecule has 33 heavy (non-hydrogen) atoms. The van der Waals surface area contributed by atoms with Gasteiger partial charge in [-0.25, -0.2) is 4.98 Å². The number of rotatable bonds is 6. The van der Waals surface area contributed by atoms with E-state index >= 15 is 0 Å². The molecule has 8 heteroatoms. The minimum Gasteiger partial charge on any atom is -0.384 e. The van der Waals surface area contributed by atoms with Crippen LogP contribution in [0.25, 0.3) is 0 Å². The van der Waals surface area contributed by atoms with E-state index in [-0.39, 0.29) is 17.9 Å². The molecule has 1 unspecified atom stereocenters. The Balaban J connectivity index is 1.46. The van der Waals surface area contributed by atoms with Crippen LogP contribution in [0.1, 0.15) is 67.3 Å². The summed E-state index contributed by atoms with van der Waals surface area (Å²) in [6.45, 7) is 5.34. The first-order valence-electron chi connectivity index (χ1n) is 12.3. The Bertz CT molecular complexity index is 995. The third-order valence-corrected chi connectivity index (χ3v) is 7.65. The fraction of sp³-hybridized carbons (Fsp3) is 0.680. The quantitative estimate of drug-likeness (QED) is 0.659. The Labute approximate surface area is 195 Å². The number of piperazine rings is 1. The zero-order chi connectivity index (χ0) is 23.1. The average molecular weight is 452 g/mol. The second-order valence-corrected chi connectivity index (χ2v) is 9.91. The van der Waals surface area contributed by atoms with Crippen molar-refractivity contribution in [3.8, 4) is 6.07 Å². The molecule has 3 heterocycles. The van der Waals surface area contributed by atoms with Gasteiger partial charge in [-0.05, 0) is 49.1 Å². The number of hydrogen-bond acceptors (Lipinski definition) is 6. The zero-order valence-corrected chi connectivity index (χ0v) is 19.7. The summed E-state index contributed by atoms with van der Waals surface area (Å²) in [6, 6.07) is 2.64. The third-order valence-electron chi connectivity index (χ3n) is 7.65. The summed E-state index contributed by atoms with van der Waals surface area (Å²) in [4.78, 5) is 36.1. The van der Waals surface area contributed by atoms with Crippen molar-refractivity contribution in [3.05, 3.63) is 22.4 Å². The van der Waals surface area contributed by atoms with Crippen LogP contribution < -0.4 is 4.90 Å². The van der Waals surface area contributed by atoms with Crippen molar-refractivity contribution in [1.29, 1.82) is 5.26 Å². The van der Waals surface area contributed by atoms with Crippen LogP contribution in [-0.2, 0) is 27.3 Å². The zero-order valence-electron chi connectivity index (χ0n) is 19.7. The van der Waals surface area contributed by atoms with Gasteiger partial charge in [0.25, 0.3) is 0 Å². The van der Waals surface area contributed by atoms with Gasteiger partial charge in [0.15, 0.2) is 0 Å². The van der Waals surface area contributed by atoms with E-state index in [4.69, 9.17) is 9.72 Å². The number of nitrogens with zero attached hydrogens (tertiary/aromatic N) is 5. The maximum absolute atomic E-state index is 12.8. The highest BCUT2D eigenvalue weighted by Gasteiger charge is 2.42. The lowest BCUT2D eigenvalue weighted by molar-refractivity contribution is -0.135. The van der Waals surface area contributed by atoms with Crippen LogP contribution in [0.5, 0.6) is 0 Å². The highest BCUT2D eigenvalue weighted by Crippen LogP contribution is 2.45. The van der Waals surface area contributed by atoms with E-state index < -0.39 is 0 Å². The molecule has 1 aromatic heterocycles. The van der Waals surface area contributed by atoms with Gasteiger partial charge < -0.3 is 19.4 Å². The van der Waals surface area contributed by atoms with E-state index in [9.17, 15) is 14.9 Å². The van der Waals surface area contributed by atoms with E-state index in [1.807, 2.05) is 9.80 Å². The van der Waals surface area contributed by atoms with Crippen molar-refractivity contribution < 1.29 is 14.3 Å². The maximum atomic E-state index is 12.8. The SMILES string of the molecule is COCCC(=O)N1CCN(c2nc(C3CC3)c3c(c2C#N)CCN(C(C)=O)C3)CC1C1CC1. The number of nitriles is 1. The van der Waals surface area contributed by atoms with Gasteiger partial charge in [-0.2, -0.15) is 5.26 Å². The molecule has 176 valence electrons. The molecular formula is C25H33N5O3. The van der Waals surface area contributed by atoms with Crippen molar-refractivity contribution in [2.75, 3.05) is 44.8 Å². The minimum absolute atomic E-state index is 0.0755. The first-order chi connectivity index (χ1) is 16.0. The molecule has 2 aliphatic heterocycles. The topological polar surface area (TPSA) is 89.8 Å². The van der Waals surface area contributed by atoms with Crippen LogP contribution in [0.4, 0.5) is 5.82 Å². The smallest absolute Gasteiger partial charge is 0.225 e.